The van der Waals surface area contributed by atoms with Gasteiger partial charge in [-0.1, -0.05) is 116 Å². The number of unbranched alkanes of at least 4 members (excludes halogenated alkanes) is 14. The lowest BCUT2D eigenvalue weighted by Crippen LogP contribution is -2.17. The molecule has 0 aliphatic carbocycles. The van der Waals surface area contributed by atoms with E-state index in [0.29, 0.717) is 4.32 Å². The Balaban J connectivity index is 0. The van der Waals surface area contributed by atoms with Gasteiger partial charge in [-0.2, -0.15) is 0 Å². The van der Waals surface area contributed by atoms with Crippen LogP contribution in [0.15, 0.2) is 0 Å². The quantitative estimate of drug-likeness (QED) is 0.142. The molecule has 0 amide bonds. The highest BCUT2D eigenvalue weighted by atomic mass is 32.1. The first-order valence-corrected chi connectivity index (χ1v) is 11.7. The maximum absolute atomic E-state index is 5.39. The van der Waals surface area contributed by atoms with Crippen LogP contribution in [0.4, 0.5) is 0 Å². The molecule has 0 atom stereocenters. The minimum absolute atomic E-state index is 0.618. The van der Waals surface area contributed by atoms with Gasteiger partial charge in [0, 0.05) is 6.54 Å². The smallest absolute Gasteiger partial charge is 0.130 e. The van der Waals surface area contributed by atoms with Gasteiger partial charge in [0.25, 0.3) is 0 Å². The lowest BCUT2D eigenvalue weighted by atomic mass is 10.1. The standard InChI is InChI=1S/C11H23NS2.C10H23N/c1-2-3-4-5-6-7-8-9-10-12-11(13)14;1-2-3-4-5-6-7-8-9-10-11/h2-10H2,1H3,(H2,12,13,14);2-11H2,1H3. The van der Waals surface area contributed by atoms with Gasteiger partial charge in [0.15, 0.2) is 0 Å². The number of rotatable bonds is 17. The largest absolute Gasteiger partial charge is 0.371 e. The van der Waals surface area contributed by atoms with Gasteiger partial charge in [-0.25, -0.2) is 0 Å². The van der Waals surface area contributed by atoms with E-state index in [1.165, 1.54) is 103 Å². The van der Waals surface area contributed by atoms with Crippen molar-refractivity contribution in [3.05, 3.63) is 0 Å². The number of nitrogens with one attached hydrogen (secondary N) is 1. The lowest BCUT2D eigenvalue weighted by molar-refractivity contribution is 0.573. The summed E-state index contributed by atoms with van der Waals surface area (Å²) in [6.45, 7) is 6.37. The van der Waals surface area contributed by atoms with Gasteiger partial charge < -0.3 is 11.1 Å². The molecule has 0 aromatic heterocycles. The van der Waals surface area contributed by atoms with E-state index < -0.39 is 0 Å². The number of hydrogen-bond acceptors (Lipinski definition) is 2. The van der Waals surface area contributed by atoms with Crippen LogP contribution in [0.2, 0.25) is 0 Å². The van der Waals surface area contributed by atoms with Crippen LogP contribution in [-0.2, 0) is 0 Å². The van der Waals surface area contributed by atoms with Gasteiger partial charge in [-0.3, -0.25) is 0 Å². The molecular weight excluding hydrogens is 344 g/mol. The molecule has 152 valence electrons. The average Bonchev–Trinajstić information content (AvgIpc) is 2.60. The summed E-state index contributed by atoms with van der Waals surface area (Å²) < 4.78 is 0.618. The predicted molar refractivity (Wildman–Crippen MR) is 124 cm³/mol. The summed E-state index contributed by atoms with van der Waals surface area (Å²) in [4.78, 5) is 0. The number of hydrogen-bond donors (Lipinski definition) is 3. The maximum Gasteiger partial charge on any atom is 0.130 e. The fraction of sp³-hybridized carbons (Fsp3) is 0.952. The second-order valence-corrected chi connectivity index (χ2v) is 8.13. The van der Waals surface area contributed by atoms with E-state index in [2.05, 4.69) is 31.8 Å². The maximum atomic E-state index is 5.39. The Morgan fingerprint density at radius 3 is 1.40 bits per heavy atom. The summed E-state index contributed by atoms with van der Waals surface area (Å²) in [5, 5.41) is 3.05. The SMILES string of the molecule is CCCCCCCCCCN.CCCCCCCCCCNC(=S)S. The van der Waals surface area contributed by atoms with E-state index in [1.54, 1.807) is 0 Å². The molecule has 0 radical (unpaired) electrons. The van der Waals surface area contributed by atoms with Crippen LogP contribution in [0.3, 0.4) is 0 Å². The van der Waals surface area contributed by atoms with Crippen molar-refractivity contribution < 1.29 is 0 Å². The third-order valence-corrected chi connectivity index (χ3v) is 4.67. The molecule has 0 spiro atoms. The third-order valence-electron chi connectivity index (χ3n) is 4.36. The van der Waals surface area contributed by atoms with Crippen molar-refractivity contribution in [3.63, 3.8) is 0 Å². The molecule has 0 unspecified atom stereocenters. The molecule has 0 rings (SSSR count). The van der Waals surface area contributed by atoms with Crippen molar-refractivity contribution in [2.45, 2.75) is 117 Å². The van der Waals surface area contributed by atoms with Gasteiger partial charge in [0.2, 0.25) is 0 Å². The zero-order chi connectivity index (χ0) is 19.0. The summed E-state index contributed by atoms with van der Waals surface area (Å²) in [5.41, 5.74) is 5.39. The van der Waals surface area contributed by atoms with Gasteiger partial charge in [-0.05, 0) is 19.4 Å². The van der Waals surface area contributed by atoms with E-state index in [-0.39, 0.29) is 0 Å². The zero-order valence-corrected chi connectivity index (χ0v) is 18.9. The Labute approximate surface area is 169 Å². The Morgan fingerprint density at radius 2 is 1.04 bits per heavy atom. The zero-order valence-electron chi connectivity index (χ0n) is 17.2. The van der Waals surface area contributed by atoms with Crippen LogP contribution in [-0.4, -0.2) is 17.4 Å². The van der Waals surface area contributed by atoms with Crippen molar-refractivity contribution in [2.75, 3.05) is 13.1 Å². The number of thiocarbonyl (C=S) groups is 1. The van der Waals surface area contributed by atoms with E-state index >= 15 is 0 Å². The molecule has 0 aliphatic rings. The molecule has 25 heavy (non-hydrogen) atoms. The Kier molecular flexibility index (Phi) is 29.0. The molecule has 4 heteroatoms. The molecule has 0 aliphatic heterocycles. The Hall–Kier alpha value is 0.200. The van der Waals surface area contributed by atoms with E-state index in [0.717, 1.165) is 13.1 Å². The van der Waals surface area contributed by atoms with Crippen molar-refractivity contribution in [3.8, 4) is 0 Å². The lowest BCUT2D eigenvalue weighted by Gasteiger charge is -2.03. The summed E-state index contributed by atoms with van der Waals surface area (Å²) in [6, 6.07) is 0. The normalized spacial score (nSPS) is 10.2. The molecule has 0 fully saturated rings. The number of thiol groups is 1. The first kappa shape index (κ1) is 27.4. The first-order chi connectivity index (χ1) is 12.2. The fourth-order valence-corrected chi connectivity index (χ4v) is 2.95. The van der Waals surface area contributed by atoms with Crippen LogP contribution < -0.4 is 11.1 Å². The number of nitrogens with two attached hydrogens (primary N) is 1. The minimum atomic E-state index is 0.618. The van der Waals surface area contributed by atoms with Crippen LogP contribution >= 0.6 is 24.8 Å². The van der Waals surface area contributed by atoms with E-state index in [1.807, 2.05) is 0 Å². The molecule has 0 aromatic rings. The molecule has 0 saturated heterocycles. The summed E-state index contributed by atoms with van der Waals surface area (Å²) in [7, 11) is 0. The highest BCUT2D eigenvalue weighted by Crippen LogP contribution is 2.08. The monoisotopic (exact) mass is 390 g/mol. The third kappa shape index (κ3) is 32.4. The molecule has 0 saturated carbocycles. The second-order valence-electron chi connectivity index (χ2n) is 6.97. The molecule has 0 heterocycles. The molecule has 0 aromatic carbocycles. The van der Waals surface area contributed by atoms with Gasteiger partial charge in [-0.15, -0.1) is 12.6 Å². The topological polar surface area (TPSA) is 38.0 Å². The van der Waals surface area contributed by atoms with Crippen molar-refractivity contribution in [1.29, 1.82) is 0 Å². The van der Waals surface area contributed by atoms with E-state index in [9.17, 15) is 0 Å². The summed E-state index contributed by atoms with van der Waals surface area (Å²) >= 11 is 8.80. The van der Waals surface area contributed by atoms with Crippen molar-refractivity contribution >= 4 is 29.2 Å². The molecular formula is C21H46N2S2. The molecule has 3 N–H and O–H groups in total. The summed E-state index contributed by atoms with van der Waals surface area (Å²) in [5.74, 6) is 0. The van der Waals surface area contributed by atoms with Crippen LogP contribution in [0, 0.1) is 0 Å². The van der Waals surface area contributed by atoms with Crippen molar-refractivity contribution in [1.82, 2.24) is 5.32 Å². The minimum Gasteiger partial charge on any atom is -0.371 e. The summed E-state index contributed by atoms with van der Waals surface area (Å²) in [6.07, 6.45) is 21.8. The van der Waals surface area contributed by atoms with Crippen LogP contribution in [0.25, 0.3) is 0 Å². The Bertz CT molecular complexity index is 240. The second kappa shape index (κ2) is 26.4. The van der Waals surface area contributed by atoms with Gasteiger partial charge in [0.1, 0.15) is 4.32 Å². The first-order valence-electron chi connectivity index (χ1n) is 10.9. The average molecular weight is 391 g/mol. The van der Waals surface area contributed by atoms with E-state index in [4.69, 9.17) is 18.0 Å². The highest BCUT2D eigenvalue weighted by molar-refractivity contribution is 8.11. The van der Waals surface area contributed by atoms with Crippen molar-refractivity contribution in [2.24, 2.45) is 5.73 Å². The van der Waals surface area contributed by atoms with Crippen LogP contribution in [0.1, 0.15) is 117 Å². The Morgan fingerprint density at radius 1 is 0.680 bits per heavy atom. The molecule has 2 nitrogen and oxygen atoms in total. The van der Waals surface area contributed by atoms with Crippen LogP contribution in [0.5, 0.6) is 0 Å². The fourth-order valence-electron chi connectivity index (χ4n) is 2.73. The highest BCUT2D eigenvalue weighted by Gasteiger charge is 1.92. The molecule has 0 bridgehead atoms. The van der Waals surface area contributed by atoms with Gasteiger partial charge >= 0.3 is 0 Å². The van der Waals surface area contributed by atoms with Gasteiger partial charge in [0.05, 0.1) is 0 Å². The predicted octanol–water partition coefficient (Wildman–Crippen LogP) is 7.02.